The van der Waals surface area contributed by atoms with Crippen LogP contribution in [0.1, 0.15) is 24.4 Å². The summed E-state index contributed by atoms with van der Waals surface area (Å²) in [5, 5.41) is 2.31. The molecule has 2 amide bonds. The van der Waals surface area contributed by atoms with E-state index in [0.717, 1.165) is 11.1 Å². The van der Waals surface area contributed by atoms with Gasteiger partial charge in [-0.25, -0.2) is 4.79 Å². The highest BCUT2D eigenvalue weighted by Crippen LogP contribution is 2.23. The number of aromatic nitrogens is 2. The van der Waals surface area contributed by atoms with Gasteiger partial charge < -0.3 is 0 Å². The Morgan fingerprint density at radius 1 is 1.16 bits per heavy atom. The molecule has 1 aromatic carbocycles. The third-order valence-corrected chi connectivity index (χ3v) is 5.07. The minimum atomic E-state index is -1.49. The number of benzene rings is 1. The molecule has 0 aliphatic carbocycles. The summed E-state index contributed by atoms with van der Waals surface area (Å²) in [7, 11) is 0.194. The van der Waals surface area contributed by atoms with Crippen molar-refractivity contribution in [1.82, 2.24) is 14.5 Å². The number of carbonyl (C=O) groups excluding carboxylic acids is 2. The number of hydrogen-bond donors (Lipinski definition) is 1. The molecule has 130 valence electrons. The molecular weight excluding hydrogens is 334 g/mol. The first-order valence-electron chi connectivity index (χ1n) is 8.25. The molecule has 2 heterocycles. The quantitative estimate of drug-likeness (QED) is 0.479. The maximum Gasteiger partial charge on any atom is 0.329 e. The number of aryl methyl sites for hydroxylation is 1. The number of rotatable bonds is 1. The van der Waals surface area contributed by atoms with Crippen LogP contribution in [0.2, 0.25) is 19.6 Å². The zero-order valence-electron chi connectivity index (χ0n) is 14.8. The third-order valence-electron chi connectivity index (χ3n) is 4.19. The summed E-state index contributed by atoms with van der Waals surface area (Å²) in [5.74, 6) is 2.47. The number of nitrogens with one attached hydrogen (secondary N) is 1. The lowest BCUT2D eigenvalue weighted by atomic mass is 10.1. The Bertz CT molecular complexity index is 999. The van der Waals surface area contributed by atoms with Gasteiger partial charge in [-0.1, -0.05) is 25.6 Å². The Hall–Kier alpha value is -2.59. The van der Waals surface area contributed by atoms with Gasteiger partial charge in [-0.3, -0.25) is 24.0 Å². The molecule has 1 atom stereocenters. The predicted molar refractivity (Wildman–Crippen MR) is 98.8 cm³/mol. The standard InChI is InChI=1S/C18H21N3O3Si/c1-20-15-11-12(9-10-25(2,3)4)5-6-13(15)21(18(20)24)14-7-8-16(22)19-17(14)23/h5-6,11,14H,7-8H2,1-4H3,(H,19,22,23). The molecule has 3 rings (SSSR count). The van der Waals surface area contributed by atoms with Gasteiger partial charge in [0.05, 0.1) is 11.0 Å². The van der Waals surface area contributed by atoms with E-state index in [9.17, 15) is 14.4 Å². The van der Waals surface area contributed by atoms with Crippen LogP contribution in [-0.2, 0) is 16.6 Å². The predicted octanol–water partition coefficient (Wildman–Crippen LogP) is 1.55. The molecule has 7 heteroatoms. The molecule has 0 saturated carbocycles. The van der Waals surface area contributed by atoms with Crippen LogP contribution in [0.5, 0.6) is 0 Å². The lowest BCUT2D eigenvalue weighted by molar-refractivity contribution is -0.135. The van der Waals surface area contributed by atoms with E-state index in [0.29, 0.717) is 11.9 Å². The summed E-state index contributed by atoms with van der Waals surface area (Å²) >= 11 is 0. The van der Waals surface area contributed by atoms with E-state index in [1.54, 1.807) is 7.05 Å². The number of hydrogen-bond acceptors (Lipinski definition) is 3. The van der Waals surface area contributed by atoms with E-state index in [1.165, 1.54) is 9.13 Å². The van der Waals surface area contributed by atoms with Crippen molar-refractivity contribution in [2.45, 2.75) is 38.5 Å². The van der Waals surface area contributed by atoms with Gasteiger partial charge in [0.1, 0.15) is 14.1 Å². The van der Waals surface area contributed by atoms with Gasteiger partial charge in [-0.15, -0.1) is 5.54 Å². The highest BCUT2D eigenvalue weighted by atomic mass is 28.3. The average molecular weight is 355 g/mol. The molecule has 25 heavy (non-hydrogen) atoms. The van der Waals surface area contributed by atoms with Gasteiger partial charge in [0.15, 0.2) is 0 Å². The first kappa shape index (κ1) is 17.2. The number of piperidine rings is 1. The van der Waals surface area contributed by atoms with Crippen LogP contribution in [0.25, 0.3) is 11.0 Å². The van der Waals surface area contributed by atoms with Gasteiger partial charge in [0.25, 0.3) is 0 Å². The molecular formula is C18H21N3O3Si. The normalized spacial score (nSPS) is 18.0. The number of fused-ring (bicyclic) bond motifs is 1. The fourth-order valence-electron chi connectivity index (χ4n) is 2.93. The van der Waals surface area contributed by atoms with E-state index in [1.807, 2.05) is 18.2 Å². The molecule has 0 spiro atoms. The Morgan fingerprint density at radius 2 is 1.88 bits per heavy atom. The highest BCUT2D eigenvalue weighted by Gasteiger charge is 2.31. The third kappa shape index (κ3) is 3.30. The summed E-state index contributed by atoms with van der Waals surface area (Å²) < 4.78 is 3.01. The number of nitrogens with zero attached hydrogens (tertiary/aromatic N) is 2. The lowest BCUT2D eigenvalue weighted by Gasteiger charge is -2.21. The topological polar surface area (TPSA) is 73.1 Å². The molecule has 0 radical (unpaired) electrons. The first-order valence-corrected chi connectivity index (χ1v) is 11.8. The number of amides is 2. The fourth-order valence-corrected chi connectivity index (χ4v) is 3.45. The van der Waals surface area contributed by atoms with Crippen molar-refractivity contribution in [1.29, 1.82) is 0 Å². The zero-order chi connectivity index (χ0) is 18.4. The minimum Gasteiger partial charge on any atom is -0.295 e. The van der Waals surface area contributed by atoms with Gasteiger partial charge in [-0.05, 0) is 24.6 Å². The molecule has 1 saturated heterocycles. The molecule has 6 nitrogen and oxygen atoms in total. The van der Waals surface area contributed by atoms with Gasteiger partial charge in [0.2, 0.25) is 11.8 Å². The van der Waals surface area contributed by atoms with Crippen LogP contribution in [0.15, 0.2) is 23.0 Å². The van der Waals surface area contributed by atoms with Crippen LogP contribution < -0.4 is 11.0 Å². The van der Waals surface area contributed by atoms with Crippen molar-refractivity contribution in [2.24, 2.45) is 7.05 Å². The van der Waals surface area contributed by atoms with Crippen molar-refractivity contribution in [3.05, 3.63) is 34.2 Å². The summed E-state index contributed by atoms with van der Waals surface area (Å²) in [4.78, 5) is 36.2. The molecule has 2 aromatic rings. The maximum atomic E-state index is 12.7. The van der Waals surface area contributed by atoms with Crippen molar-refractivity contribution in [3.8, 4) is 11.5 Å². The van der Waals surface area contributed by atoms with Crippen molar-refractivity contribution >= 4 is 30.9 Å². The molecule has 1 N–H and O–H groups in total. The molecule has 1 unspecified atom stereocenters. The molecule has 1 fully saturated rings. The van der Waals surface area contributed by atoms with Crippen molar-refractivity contribution in [2.75, 3.05) is 0 Å². The van der Waals surface area contributed by atoms with Crippen LogP contribution in [-0.4, -0.2) is 29.0 Å². The molecule has 1 aliphatic heterocycles. The second kappa shape index (κ2) is 6.04. The summed E-state index contributed by atoms with van der Waals surface area (Å²) in [6, 6.07) is 4.92. The summed E-state index contributed by atoms with van der Waals surface area (Å²) in [6.45, 7) is 6.52. The maximum absolute atomic E-state index is 12.7. The number of imidazole rings is 1. The Morgan fingerprint density at radius 3 is 2.52 bits per heavy atom. The van der Waals surface area contributed by atoms with E-state index in [2.05, 4.69) is 36.4 Å². The Kier molecular flexibility index (Phi) is 4.17. The van der Waals surface area contributed by atoms with Crippen LogP contribution >= 0.6 is 0 Å². The van der Waals surface area contributed by atoms with Crippen LogP contribution in [0.4, 0.5) is 0 Å². The van der Waals surface area contributed by atoms with E-state index < -0.39 is 20.0 Å². The largest absolute Gasteiger partial charge is 0.329 e. The van der Waals surface area contributed by atoms with E-state index >= 15 is 0 Å². The Balaban J connectivity index is 2.11. The van der Waals surface area contributed by atoms with Crippen molar-refractivity contribution in [3.63, 3.8) is 0 Å². The van der Waals surface area contributed by atoms with Gasteiger partial charge in [-0.2, -0.15) is 0 Å². The fraction of sp³-hybridized carbons (Fsp3) is 0.389. The van der Waals surface area contributed by atoms with Crippen molar-refractivity contribution < 1.29 is 9.59 Å². The second-order valence-corrected chi connectivity index (χ2v) is 12.1. The number of imide groups is 1. The molecule has 1 aliphatic rings. The van der Waals surface area contributed by atoms with Gasteiger partial charge in [0, 0.05) is 19.0 Å². The zero-order valence-corrected chi connectivity index (χ0v) is 15.8. The Labute approximate surface area is 146 Å². The molecule has 0 bridgehead atoms. The SMILES string of the molecule is Cn1c(=O)n(C2CCC(=O)NC2=O)c2ccc(C#C[Si](C)(C)C)cc21. The lowest BCUT2D eigenvalue weighted by Crippen LogP contribution is -2.44. The van der Waals surface area contributed by atoms with E-state index in [-0.39, 0.29) is 18.0 Å². The van der Waals surface area contributed by atoms with Crippen LogP contribution in [0.3, 0.4) is 0 Å². The monoisotopic (exact) mass is 355 g/mol. The minimum absolute atomic E-state index is 0.235. The molecule has 1 aromatic heterocycles. The first-order chi connectivity index (χ1) is 11.7. The summed E-state index contributed by atoms with van der Waals surface area (Å²) in [6.07, 6.45) is 0.569. The highest BCUT2D eigenvalue weighted by molar-refractivity contribution is 6.83. The van der Waals surface area contributed by atoms with Gasteiger partial charge >= 0.3 is 5.69 Å². The average Bonchev–Trinajstić information content (AvgIpc) is 2.77. The number of carbonyl (C=O) groups is 2. The smallest absolute Gasteiger partial charge is 0.295 e. The van der Waals surface area contributed by atoms with E-state index in [4.69, 9.17) is 0 Å². The van der Waals surface area contributed by atoms with Crippen LogP contribution in [0, 0.1) is 11.5 Å². The second-order valence-electron chi connectivity index (χ2n) is 7.38. The summed E-state index contributed by atoms with van der Waals surface area (Å²) in [5.41, 5.74) is 5.32.